The van der Waals surface area contributed by atoms with Crippen molar-refractivity contribution in [2.75, 3.05) is 14.2 Å². The zero-order valence-electron chi connectivity index (χ0n) is 10.2. The zero-order chi connectivity index (χ0) is 12.1. The molecule has 0 bridgehead atoms. The lowest BCUT2D eigenvalue weighted by atomic mass is 10.0. The van der Waals surface area contributed by atoms with Crippen molar-refractivity contribution in [3.8, 4) is 11.1 Å². The van der Waals surface area contributed by atoms with E-state index in [4.69, 9.17) is 4.84 Å². The minimum atomic E-state index is 0.733. The molecule has 1 radical (unpaired) electrons. The number of benzene rings is 2. The molecular weight excluding hydrogens is 210 g/mol. The monoisotopic (exact) mass is 226 g/mol. The molecule has 2 aromatic rings. The predicted molar refractivity (Wildman–Crippen MR) is 69.2 cm³/mol. The summed E-state index contributed by atoms with van der Waals surface area (Å²) in [6, 6.07) is 19.7. The molecule has 2 heteroatoms. The van der Waals surface area contributed by atoms with Gasteiger partial charge in [-0.1, -0.05) is 42.5 Å². The molecule has 0 atom stereocenters. The first kappa shape index (κ1) is 11.8. The zero-order valence-corrected chi connectivity index (χ0v) is 10.2. The molecule has 0 heterocycles. The maximum atomic E-state index is 5.11. The molecule has 2 aromatic carbocycles. The maximum absolute atomic E-state index is 5.11. The number of hydrogen-bond donors (Lipinski definition) is 0. The lowest BCUT2D eigenvalue weighted by molar-refractivity contribution is -0.116. The Kier molecular flexibility index (Phi) is 3.91. The highest BCUT2D eigenvalue weighted by atomic mass is 16.7. The van der Waals surface area contributed by atoms with Gasteiger partial charge in [-0.05, 0) is 28.8 Å². The van der Waals surface area contributed by atoms with Crippen LogP contribution in [0.5, 0.6) is 0 Å². The third-order valence-electron chi connectivity index (χ3n) is 2.67. The molecule has 2 nitrogen and oxygen atoms in total. The van der Waals surface area contributed by atoms with Crippen molar-refractivity contribution in [3.05, 3.63) is 60.2 Å². The molecule has 0 aliphatic heterocycles. The highest BCUT2D eigenvalue weighted by Gasteiger charge is 2.01. The van der Waals surface area contributed by atoms with Crippen molar-refractivity contribution in [2.45, 2.75) is 6.54 Å². The summed E-state index contributed by atoms with van der Waals surface area (Å²) in [6.45, 7) is 0.733. The van der Waals surface area contributed by atoms with E-state index in [2.05, 4.69) is 30.3 Å². The van der Waals surface area contributed by atoms with E-state index in [0.29, 0.717) is 0 Å². The van der Waals surface area contributed by atoms with Crippen LogP contribution in [0, 0.1) is 6.07 Å². The third-order valence-corrected chi connectivity index (χ3v) is 2.67. The second-order valence-electron chi connectivity index (χ2n) is 3.94. The molecule has 0 fully saturated rings. The molecule has 0 saturated heterocycles. The maximum Gasteiger partial charge on any atom is 0.0575 e. The van der Waals surface area contributed by atoms with E-state index in [-0.39, 0.29) is 0 Å². The van der Waals surface area contributed by atoms with Gasteiger partial charge in [0.15, 0.2) is 0 Å². The first-order valence-electron chi connectivity index (χ1n) is 5.61. The molecule has 2 rings (SSSR count). The molecule has 0 spiro atoms. The van der Waals surface area contributed by atoms with Gasteiger partial charge in [0, 0.05) is 13.6 Å². The quantitative estimate of drug-likeness (QED) is 0.743. The van der Waals surface area contributed by atoms with Crippen LogP contribution in [0.4, 0.5) is 0 Å². The molecule has 0 aliphatic rings. The Morgan fingerprint density at radius 2 is 1.88 bits per heavy atom. The largest absolute Gasteiger partial charge is 0.302 e. The second kappa shape index (κ2) is 5.62. The fourth-order valence-electron chi connectivity index (χ4n) is 1.72. The van der Waals surface area contributed by atoms with Crippen LogP contribution in [0.2, 0.25) is 0 Å². The fourth-order valence-corrected chi connectivity index (χ4v) is 1.72. The van der Waals surface area contributed by atoms with Gasteiger partial charge in [0.05, 0.1) is 7.11 Å². The first-order valence-corrected chi connectivity index (χ1v) is 5.61. The first-order chi connectivity index (χ1) is 8.29. The topological polar surface area (TPSA) is 12.5 Å². The van der Waals surface area contributed by atoms with Crippen molar-refractivity contribution in [3.63, 3.8) is 0 Å². The molecule has 17 heavy (non-hydrogen) atoms. The lowest BCUT2D eigenvalue weighted by Gasteiger charge is -2.13. The van der Waals surface area contributed by atoms with Gasteiger partial charge in [0.1, 0.15) is 0 Å². The van der Waals surface area contributed by atoms with E-state index in [1.807, 2.05) is 31.3 Å². The van der Waals surface area contributed by atoms with E-state index < -0.39 is 0 Å². The Morgan fingerprint density at radius 1 is 1.12 bits per heavy atom. The summed E-state index contributed by atoms with van der Waals surface area (Å²) in [5.74, 6) is 0. The summed E-state index contributed by atoms with van der Waals surface area (Å²) in [4.78, 5) is 5.11. The van der Waals surface area contributed by atoms with Gasteiger partial charge >= 0.3 is 0 Å². The van der Waals surface area contributed by atoms with E-state index in [0.717, 1.165) is 12.1 Å². The average molecular weight is 226 g/mol. The molecule has 0 amide bonds. The third kappa shape index (κ3) is 3.16. The lowest BCUT2D eigenvalue weighted by Crippen LogP contribution is -2.15. The molecule has 87 valence electrons. The Morgan fingerprint density at radius 3 is 2.59 bits per heavy atom. The van der Waals surface area contributed by atoms with Crippen molar-refractivity contribution in [2.24, 2.45) is 0 Å². The average Bonchev–Trinajstić information content (AvgIpc) is 2.40. The minimum absolute atomic E-state index is 0.733. The molecule has 0 unspecified atom stereocenters. The fraction of sp³-hybridized carbons (Fsp3) is 0.200. The van der Waals surface area contributed by atoms with Crippen LogP contribution in [0.15, 0.2) is 48.5 Å². The summed E-state index contributed by atoms with van der Waals surface area (Å²) in [6.07, 6.45) is 0. The van der Waals surface area contributed by atoms with E-state index in [1.165, 1.54) is 11.1 Å². The standard InChI is InChI=1S/C15H16NO/c1-16(17-2)12-13-7-6-10-15(11-13)14-8-4-3-5-9-14/h3-6,8-11H,12H2,1-2H3. The number of nitrogens with zero attached hydrogens (tertiary/aromatic N) is 1. The highest BCUT2D eigenvalue weighted by molar-refractivity contribution is 5.63. The Labute approximate surface area is 102 Å². The summed E-state index contributed by atoms with van der Waals surface area (Å²) in [5.41, 5.74) is 3.56. The molecule has 0 aromatic heterocycles. The van der Waals surface area contributed by atoms with Crippen molar-refractivity contribution < 1.29 is 4.84 Å². The van der Waals surface area contributed by atoms with Gasteiger partial charge in [-0.2, -0.15) is 5.06 Å². The van der Waals surface area contributed by atoms with Gasteiger partial charge in [0.25, 0.3) is 0 Å². The number of hydroxylamine groups is 2. The van der Waals surface area contributed by atoms with Gasteiger partial charge < -0.3 is 4.84 Å². The smallest absolute Gasteiger partial charge is 0.0575 e. The van der Waals surface area contributed by atoms with Crippen molar-refractivity contribution in [1.82, 2.24) is 5.06 Å². The summed E-state index contributed by atoms with van der Waals surface area (Å²) in [5, 5.41) is 1.78. The van der Waals surface area contributed by atoms with Crippen LogP contribution >= 0.6 is 0 Å². The summed E-state index contributed by atoms with van der Waals surface area (Å²) < 4.78 is 0. The minimum Gasteiger partial charge on any atom is -0.302 e. The van der Waals surface area contributed by atoms with Crippen LogP contribution in [0.25, 0.3) is 11.1 Å². The number of hydrogen-bond acceptors (Lipinski definition) is 2. The van der Waals surface area contributed by atoms with Gasteiger partial charge in [-0.25, -0.2) is 0 Å². The van der Waals surface area contributed by atoms with Crippen molar-refractivity contribution in [1.29, 1.82) is 0 Å². The van der Waals surface area contributed by atoms with Crippen LogP contribution in [-0.2, 0) is 11.4 Å². The Hall–Kier alpha value is -1.64. The Bertz CT molecular complexity index is 467. The predicted octanol–water partition coefficient (Wildman–Crippen LogP) is 3.15. The van der Waals surface area contributed by atoms with Gasteiger partial charge in [0.2, 0.25) is 0 Å². The van der Waals surface area contributed by atoms with Crippen LogP contribution in [0.1, 0.15) is 5.56 Å². The van der Waals surface area contributed by atoms with Crippen LogP contribution < -0.4 is 0 Å². The van der Waals surface area contributed by atoms with Crippen molar-refractivity contribution >= 4 is 0 Å². The molecule has 0 aliphatic carbocycles. The summed E-state index contributed by atoms with van der Waals surface area (Å²) >= 11 is 0. The molecule has 0 saturated carbocycles. The highest BCUT2D eigenvalue weighted by Crippen LogP contribution is 2.20. The second-order valence-corrected chi connectivity index (χ2v) is 3.94. The van der Waals surface area contributed by atoms with Crippen LogP contribution in [-0.4, -0.2) is 19.2 Å². The van der Waals surface area contributed by atoms with Gasteiger partial charge in [-0.15, -0.1) is 0 Å². The Balaban J connectivity index is 2.23. The molecule has 0 N–H and O–H groups in total. The van der Waals surface area contributed by atoms with E-state index in [1.54, 1.807) is 12.2 Å². The van der Waals surface area contributed by atoms with Gasteiger partial charge in [-0.3, -0.25) is 0 Å². The number of rotatable bonds is 4. The van der Waals surface area contributed by atoms with E-state index >= 15 is 0 Å². The normalized spacial score (nSPS) is 10.8. The molecular formula is C15H16NO. The van der Waals surface area contributed by atoms with Crippen LogP contribution in [0.3, 0.4) is 0 Å². The SMILES string of the molecule is CON(C)Cc1[c]ccc(-c2ccccc2)c1. The van der Waals surface area contributed by atoms with E-state index in [9.17, 15) is 0 Å². The summed E-state index contributed by atoms with van der Waals surface area (Å²) in [7, 11) is 3.57.